The van der Waals surface area contributed by atoms with E-state index < -0.39 is 46.1 Å². The molecule has 5 rings (SSSR count). The van der Waals surface area contributed by atoms with E-state index in [0.29, 0.717) is 5.56 Å². The van der Waals surface area contributed by atoms with Crippen LogP contribution in [0, 0.1) is 34.3 Å². The Bertz CT molecular complexity index is 1490. The molecule has 2 aromatic carbocycles. The Kier molecular flexibility index (Phi) is 5.54. The molecular formula is C25H19ClN4O6. The van der Waals surface area contributed by atoms with Crippen LogP contribution in [0.3, 0.4) is 0 Å². The average Bonchev–Trinajstić information content (AvgIpc) is 3.48. The lowest BCUT2D eigenvalue weighted by atomic mass is 9.76. The summed E-state index contributed by atoms with van der Waals surface area (Å²) in [6.07, 6.45) is 6.86. The van der Waals surface area contributed by atoms with Gasteiger partial charge in [0.15, 0.2) is 0 Å². The number of carbonyl (C=O) groups excluding carboxylic acids is 2. The summed E-state index contributed by atoms with van der Waals surface area (Å²) in [5, 5.41) is 26.3. The fraction of sp³-hybridized carbons (Fsp3) is 0.240. The molecule has 2 saturated heterocycles. The van der Waals surface area contributed by atoms with Crippen molar-refractivity contribution in [1.82, 2.24) is 15.2 Å². The minimum Gasteiger partial charge on any atom is -0.480 e. The molecule has 2 aliphatic heterocycles. The Morgan fingerprint density at radius 1 is 1.25 bits per heavy atom. The molecule has 4 unspecified atom stereocenters. The number of aromatic amines is 1. The van der Waals surface area contributed by atoms with E-state index in [9.17, 15) is 29.6 Å². The largest absolute Gasteiger partial charge is 0.480 e. The van der Waals surface area contributed by atoms with Crippen molar-refractivity contribution < 1.29 is 24.4 Å². The highest BCUT2D eigenvalue weighted by molar-refractivity contribution is 6.30. The summed E-state index contributed by atoms with van der Waals surface area (Å²) in [6, 6.07) is 9.94. The lowest BCUT2D eigenvalue weighted by Gasteiger charge is -2.31. The maximum Gasteiger partial charge on any atom is 0.325 e. The lowest BCUT2D eigenvalue weighted by Crippen LogP contribution is -2.57. The number of amides is 2. The van der Waals surface area contributed by atoms with Gasteiger partial charge in [0.05, 0.1) is 29.3 Å². The maximum atomic E-state index is 13.5. The van der Waals surface area contributed by atoms with Crippen LogP contribution in [-0.4, -0.2) is 49.8 Å². The molecule has 1 aromatic heterocycles. The second-order valence-corrected chi connectivity index (χ2v) is 9.30. The number of fused-ring (bicyclic) bond motifs is 2. The fourth-order valence-corrected chi connectivity index (χ4v) is 5.71. The number of carbonyl (C=O) groups is 3. The molecule has 0 radical (unpaired) electrons. The summed E-state index contributed by atoms with van der Waals surface area (Å²) in [6.45, 7) is -0.336. The number of nitro benzene ring substituents is 1. The van der Waals surface area contributed by atoms with E-state index in [2.05, 4.69) is 16.2 Å². The number of para-hydroxylation sites is 1. The molecule has 2 fully saturated rings. The van der Waals surface area contributed by atoms with Gasteiger partial charge in [0, 0.05) is 40.2 Å². The third-order valence-electron chi connectivity index (χ3n) is 7.04. The van der Waals surface area contributed by atoms with Gasteiger partial charge in [-0.15, -0.1) is 6.42 Å². The summed E-state index contributed by atoms with van der Waals surface area (Å²) in [5.41, 5.74) is -0.900. The molecule has 182 valence electrons. The van der Waals surface area contributed by atoms with Crippen LogP contribution in [0.25, 0.3) is 10.9 Å². The van der Waals surface area contributed by atoms with Gasteiger partial charge in [-0.2, -0.15) is 0 Å². The molecule has 10 nitrogen and oxygen atoms in total. The Morgan fingerprint density at radius 2 is 2.00 bits per heavy atom. The average molecular weight is 507 g/mol. The van der Waals surface area contributed by atoms with Crippen molar-refractivity contribution in [2.45, 2.75) is 18.0 Å². The van der Waals surface area contributed by atoms with Crippen molar-refractivity contribution in [3.63, 3.8) is 0 Å². The van der Waals surface area contributed by atoms with Crippen molar-refractivity contribution in [3.05, 3.63) is 74.9 Å². The zero-order chi connectivity index (χ0) is 25.8. The van der Waals surface area contributed by atoms with Crippen molar-refractivity contribution in [3.8, 4) is 12.3 Å². The Labute approximate surface area is 209 Å². The summed E-state index contributed by atoms with van der Waals surface area (Å²) < 4.78 is 0. The molecule has 11 heteroatoms. The van der Waals surface area contributed by atoms with Gasteiger partial charge in [0.2, 0.25) is 11.8 Å². The first-order valence-electron chi connectivity index (χ1n) is 11.0. The molecule has 3 heterocycles. The number of imide groups is 1. The Hall–Kier alpha value is -4.20. The number of hydrogen-bond donors (Lipinski definition) is 3. The monoisotopic (exact) mass is 506 g/mol. The van der Waals surface area contributed by atoms with Crippen molar-refractivity contribution in [1.29, 1.82) is 0 Å². The number of halogens is 1. The second-order valence-electron chi connectivity index (χ2n) is 8.87. The van der Waals surface area contributed by atoms with E-state index >= 15 is 0 Å². The number of benzene rings is 2. The van der Waals surface area contributed by atoms with Crippen LogP contribution >= 0.6 is 11.6 Å². The predicted molar refractivity (Wildman–Crippen MR) is 129 cm³/mol. The molecule has 36 heavy (non-hydrogen) atoms. The standard InChI is InChI=1S/C25H19ClN4O6/c1-2-9-29-22(31)19-20(23(29)32)25(24(33)34,11-13-12-27-17-6-4-3-5-15(13)17)28-21(19)16-10-14(26)7-8-18(16)30(35)36/h1,3-8,10,12,19-21,27-28H,9,11H2,(H,33,34). The van der Waals surface area contributed by atoms with Gasteiger partial charge < -0.3 is 10.1 Å². The lowest BCUT2D eigenvalue weighted by molar-refractivity contribution is -0.385. The van der Waals surface area contributed by atoms with Gasteiger partial charge in [0.1, 0.15) is 5.54 Å². The van der Waals surface area contributed by atoms with Gasteiger partial charge in [0.25, 0.3) is 5.69 Å². The van der Waals surface area contributed by atoms with Gasteiger partial charge in [-0.25, -0.2) is 0 Å². The predicted octanol–water partition coefficient (Wildman–Crippen LogP) is 2.67. The third-order valence-corrected chi connectivity index (χ3v) is 7.28. The normalized spacial score (nSPS) is 25.2. The minimum atomic E-state index is -1.95. The topological polar surface area (TPSA) is 146 Å². The molecule has 4 atom stereocenters. The number of likely N-dealkylation sites (tertiary alicyclic amines) is 1. The molecule has 3 N–H and O–H groups in total. The van der Waals surface area contributed by atoms with Crippen LogP contribution in [0.1, 0.15) is 17.2 Å². The Morgan fingerprint density at radius 3 is 2.69 bits per heavy atom. The van der Waals surface area contributed by atoms with Crippen LogP contribution in [0.4, 0.5) is 5.69 Å². The number of nitro groups is 1. The van der Waals surface area contributed by atoms with Gasteiger partial charge in [-0.05, 0) is 23.8 Å². The van der Waals surface area contributed by atoms with E-state index in [0.717, 1.165) is 15.8 Å². The number of aliphatic carboxylic acids is 1. The molecule has 0 spiro atoms. The number of H-pyrrole nitrogens is 1. The summed E-state index contributed by atoms with van der Waals surface area (Å²) >= 11 is 6.14. The molecule has 2 amide bonds. The maximum absolute atomic E-state index is 13.5. The molecule has 0 aliphatic carbocycles. The summed E-state index contributed by atoms with van der Waals surface area (Å²) in [4.78, 5) is 55.0. The quantitative estimate of drug-likeness (QED) is 0.201. The number of terminal acetylenes is 1. The fourth-order valence-electron chi connectivity index (χ4n) is 5.53. The highest BCUT2D eigenvalue weighted by Crippen LogP contribution is 2.51. The minimum absolute atomic E-state index is 0.0215. The first-order valence-corrected chi connectivity index (χ1v) is 11.4. The van der Waals surface area contributed by atoms with Crippen LogP contribution in [0.2, 0.25) is 5.02 Å². The van der Waals surface area contributed by atoms with Gasteiger partial charge in [-0.1, -0.05) is 35.7 Å². The number of aromatic nitrogens is 1. The van der Waals surface area contributed by atoms with E-state index in [4.69, 9.17) is 18.0 Å². The first kappa shape index (κ1) is 23.5. The van der Waals surface area contributed by atoms with Gasteiger partial charge >= 0.3 is 5.97 Å². The van der Waals surface area contributed by atoms with Crippen molar-refractivity contribution in [2.75, 3.05) is 6.54 Å². The number of carboxylic acids is 1. The van der Waals surface area contributed by atoms with Crippen LogP contribution < -0.4 is 5.32 Å². The third kappa shape index (κ3) is 3.36. The number of carboxylic acid groups (broad SMARTS) is 1. The summed E-state index contributed by atoms with van der Waals surface area (Å²) in [7, 11) is 0. The van der Waals surface area contributed by atoms with Gasteiger partial charge in [-0.3, -0.25) is 34.7 Å². The van der Waals surface area contributed by atoms with E-state index in [1.165, 1.54) is 18.2 Å². The smallest absolute Gasteiger partial charge is 0.325 e. The van der Waals surface area contributed by atoms with Crippen LogP contribution in [0.5, 0.6) is 0 Å². The molecule has 0 saturated carbocycles. The van der Waals surface area contributed by atoms with E-state index in [1.807, 2.05) is 18.2 Å². The molecule has 2 aliphatic rings. The van der Waals surface area contributed by atoms with Crippen LogP contribution in [0.15, 0.2) is 48.7 Å². The number of hydrogen-bond acceptors (Lipinski definition) is 6. The zero-order valence-corrected chi connectivity index (χ0v) is 19.4. The SMILES string of the molecule is C#CCN1C(=O)C2C(c3cc(Cl)ccc3[N+](=O)[O-])NC(Cc3c[nH]c4ccccc34)(C(=O)O)C2C1=O. The molecule has 0 bridgehead atoms. The molecule has 3 aromatic rings. The second kappa shape index (κ2) is 8.48. The number of nitrogens with zero attached hydrogens (tertiary/aromatic N) is 2. The highest BCUT2D eigenvalue weighted by atomic mass is 35.5. The van der Waals surface area contributed by atoms with Crippen LogP contribution in [-0.2, 0) is 20.8 Å². The first-order chi connectivity index (χ1) is 17.2. The Balaban J connectivity index is 1.71. The zero-order valence-electron chi connectivity index (χ0n) is 18.6. The number of nitrogens with one attached hydrogen (secondary N) is 2. The van der Waals surface area contributed by atoms with E-state index in [1.54, 1.807) is 12.3 Å². The highest BCUT2D eigenvalue weighted by Gasteiger charge is 2.69. The number of rotatable bonds is 6. The van der Waals surface area contributed by atoms with E-state index in [-0.39, 0.29) is 29.2 Å². The summed E-state index contributed by atoms with van der Waals surface area (Å²) in [5.74, 6) is -3.10. The van der Waals surface area contributed by atoms with Crippen molar-refractivity contribution >= 4 is 46.0 Å². The molecular weight excluding hydrogens is 488 g/mol. The van der Waals surface area contributed by atoms with Crippen molar-refractivity contribution in [2.24, 2.45) is 11.8 Å².